The molecule has 1 N–H and O–H groups in total. The summed E-state index contributed by atoms with van der Waals surface area (Å²) >= 11 is 0. The highest BCUT2D eigenvalue weighted by Gasteiger charge is 2.07. The van der Waals surface area contributed by atoms with E-state index in [0.717, 1.165) is 24.0 Å². The Morgan fingerprint density at radius 3 is 1.71 bits per heavy atom. The first-order valence-corrected chi connectivity index (χ1v) is 6.30. The minimum absolute atomic E-state index is 0.0359. The van der Waals surface area contributed by atoms with Gasteiger partial charge in [0.15, 0.2) is 0 Å². The van der Waals surface area contributed by atoms with Crippen LogP contribution in [0, 0.1) is 0 Å². The van der Waals surface area contributed by atoms with Crippen LogP contribution in [0.3, 0.4) is 0 Å². The number of aliphatic hydroxyl groups excluding tert-OH is 1. The molecule has 1 nitrogen and oxygen atoms in total. The Bertz CT molecular complexity index is 321. The Morgan fingerprint density at radius 2 is 1.41 bits per heavy atom. The predicted octanol–water partition coefficient (Wildman–Crippen LogP) is 4.28. The highest BCUT2D eigenvalue weighted by atomic mass is 16.3. The van der Waals surface area contributed by atoms with Gasteiger partial charge in [-0.3, -0.25) is 0 Å². The molecule has 0 spiro atoms. The molecule has 17 heavy (non-hydrogen) atoms. The number of rotatable bonds is 2. The summed E-state index contributed by atoms with van der Waals surface area (Å²) in [6.07, 6.45) is 9.58. The van der Waals surface area contributed by atoms with Gasteiger partial charge in [-0.05, 0) is 24.0 Å². The molecular formula is C16H22O. The molecule has 0 aromatic heterocycles. The van der Waals surface area contributed by atoms with E-state index in [1.165, 1.54) is 19.3 Å². The summed E-state index contributed by atoms with van der Waals surface area (Å²) in [5.74, 6) is 0. The van der Waals surface area contributed by atoms with Crippen molar-refractivity contribution in [2.75, 3.05) is 0 Å². The SMILES string of the molecule is C=Cc1ccccc1C=C.OC1CCCCC1. The van der Waals surface area contributed by atoms with Crippen LogP contribution in [0.5, 0.6) is 0 Å². The van der Waals surface area contributed by atoms with Crippen LogP contribution in [0.25, 0.3) is 12.2 Å². The fraction of sp³-hybridized carbons (Fsp3) is 0.375. The van der Waals surface area contributed by atoms with Gasteiger partial charge in [0.25, 0.3) is 0 Å². The van der Waals surface area contributed by atoms with Crippen molar-refractivity contribution < 1.29 is 5.11 Å². The van der Waals surface area contributed by atoms with Gasteiger partial charge in [-0.2, -0.15) is 0 Å². The average Bonchev–Trinajstić information content (AvgIpc) is 2.40. The fourth-order valence-corrected chi connectivity index (χ4v) is 1.96. The molecule has 0 amide bonds. The van der Waals surface area contributed by atoms with Crippen molar-refractivity contribution in [3.63, 3.8) is 0 Å². The highest BCUT2D eigenvalue weighted by Crippen LogP contribution is 2.16. The summed E-state index contributed by atoms with van der Waals surface area (Å²) in [6, 6.07) is 8.02. The van der Waals surface area contributed by atoms with Crippen LogP contribution in [-0.4, -0.2) is 11.2 Å². The molecule has 1 saturated carbocycles. The van der Waals surface area contributed by atoms with E-state index >= 15 is 0 Å². The average molecular weight is 230 g/mol. The van der Waals surface area contributed by atoms with Gasteiger partial charge in [0, 0.05) is 0 Å². The summed E-state index contributed by atoms with van der Waals surface area (Å²) in [5, 5.41) is 8.91. The van der Waals surface area contributed by atoms with Gasteiger partial charge in [0.2, 0.25) is 0 Å². The van der Waals surface area contributed by atoms with Crippen molar-refractivity contribution >= 4 is 12.2 Å². The quantitative estimate of drug-likeness (QED) is 0.803. The molecule has 1 aromatic rings. The number of hydrogen-bond donors (Lipinski definition) is 1. The van der Waals surface area contributed by atoms with E-state index in [1.54, 1.807) is 0 Å². The van der Waals surface area contributed by atoms with Gasteiger partial charge in [0.05, 0.1) is 6.10 Å². The monoisotopic (exact) mass is 230 g/mol. The lowest BCUT2D eigenvalue weighted by Gasteiger charge is -2.14. The van der Waals surface area contributed by atoms with Gasteiger partial charge < -0.3 is 5.11 Å². The van der Waals surface area contributed by atoms with E-state index in [1.807, 2.05) is 36.4 Å². The summed E-state index contributed by atoms with van der Waals surface area (Å²) < 4.78 is 0. The molecule has 0 heterocycles. The van der Waals surface area contributed by atoms with Crippen LogP contribution in [0.4, 0.5) is 0 Å². The normalized spacial score (nSPS) is 15.6. The first-order chi connectivity index (χ1) is 8.27. The lowest BCUT2D eigenvalue weighted by molar-refractivity contribution is 0.130. The van der Waals surface area contributed by atoms with E-state index in [0.29, 0.717) is 0 Å². The van der Waals surface area contributed by atoms with Crippen LogP contribution in [0.2, 0.25) is 0 Å². The third kappa shape index (κ3) is 5.01. The zero-order valence-electron chi connectivity index (χ0n) is 10.4. The Kier molecular flexibility index (Phi) is 6.34. The van der Waals surface area contributed by atoms with Gasteiger partial charge >= 0.3 is 0 Å². The van der Waals surface area contributed by atoms with Crippen LogP contribution >= 0.6 is 0 Å². The Morgan fingerprint density at radius 1 is 0.941 bits per heavy atom. The standard InChI is InChI=1S/C10H10.C6H12O/c1-3-9-7-5-6-8-10(9)4-2;7-6-4-2-1-3-5-6/h3-8H,1-2H2;6-7H,1-5H2. The van der Waals surface area contributed by atoms with E-state index in [4.69, 9.17) is 5.11 Å². The fourth-order valence-electron chi connectivity index (χ4n) is 1.96. The van der Waals surface area contributed by atoms with Crippen molar-refractivity contribution in [2.45, 2.75) is 38.2 Å². The summed E-state index contributed by atoms with van der Waals surface area (Å²) in [6.45, 7) is 7.38. The van der Waals surface area contributed by atoms with Gasteiger partial charge in [-0.15, -0.1) is 0 Å². The minimum atomic E-state index is 0.0359. The summed E-state index contributed by atoms with van der Waals surface area (Å²) in [4.78, 5) is 0. The van der Waals surface area contributed by atoms with Crippen LogP contribution in [0.1, 0.15) is 43.2 Å². The number of benzene rings is 1. The van der Waals surface area contributed by atoms with E-state index < -0.39 is 0 Å². The van der Waals surface area contributed by atoms with Crippen molar-refractivity contribution in [1.29, 1.82) is 0 Å². The smallest absolute Gasteiger partial charge is 0.0540 e. The highest BCUT2D eigenvalue weighted by molar-refractivity contribution is 5.63. The van der Waals surface area contributed by atoms with E-state index in [-0.39, 0.29) is 6.10 Å². The molecule has 1 aliphatic carbocycles. The maximum Gasteiger partial charge on any atom is 0.0540 e. The lowest BCUT2D eigenvalue weighted by Crippen LogP contribution is -2.09. The van der Waals surface area contributed by atoms with Crippen molar-refractivity contribution in [3.8, 4) is 0 Å². The molecule has 0 aliphatic heterocycles. The third-order valence-electron chi connectivity index (χ3n) is 3.01. The topological polar surface area (TPSA) is 20.2 Å². The zero-order valence-corrected chi connectivity index (χ0v) is 10.4. The van der Waals surface area contributed by atoms with Crippen LogP contribution < -0.4 is 0 Å². The molecular weight excluding hydrogens is 208 g/mol. The molecule has 92 valence electrons. The van der Waals surface area contributed by atoms with Crippen molar-refractivity contribution in [3.05, 3.63) is 48.6 Å². The van der Waals surface area contributed by atoms with Crippen LogP contribution in [-0.2, 0) is 0 Å². The maximum absolute atomic E-state index is 8.91. The minimum Gasteiger partial charge on any atom is -0.393 e. The Labute approximate surface area is 104 Å². The number of aliphatic hydroxyl groups is 1. The second-order valence-corrected chi connectivity index (χ2v) is 4.33. The molecule has 1 fully saturated rings. The lowest BCUT2D eigenvalue weighted by atomic mass is 9.98. The molecule has 0 radical (unpaired) electrons. The predicted molar refractivity (Wildman–Crippen MR) is 75.7 cm³/mol. The largest absolute Gasteiger partial charge is 0.393 e. The second kappa shape index (κ2) is 7.86. The first-order valence-electron chi connectivity index (χ1n) is 6.30. The van der Waals surface area contributed by atoms with E-state index in [9.17, 15) is 0 Å². The molecule has 1 aliphatic rings. The molecule has 2 rings (SSSR count). The van der Waals surface area contributed by atoms with Gasteiger partial charge in [0.1, 0.15) is 0 Å². The van der Waals surface area contributed by atoms with Gasteiger partial charge in [-0.1, -0.05) is 68.8 Å². The Balaban J connectivity index is 0.000000181. The summed E-state index contributed by atoms with van der Waals surface area (Å²) in [7, 11) is 0. The zero-order chi connectivity index (χ0) is 12.5. The summed E-state index contributed by atoms with van der Waals surface area (Å²) in [5.41, 5.74) is 2.27. The molecule has 1 heteroatoms. The third-order valence-corrected chi connectivity index (χ3v) is 3.01. The first kappa shape index (κ1) is 13.7. The van der Waals surface area contributed by atoms with Crippen molar-refractivity contribution in [1.82, 2.24) is 0 Å². The van der Waals surface area contributed by atoms with Crippen molar-refractivity contribution in [2.24, 2.45) is 0 Å². The maximum atomic E-state index is 8.91. The second-order valence-electron chi connectivity index (χ2n) is 4.33. The molecule has 0 saturated heterocycles. The molecule has 0 bridgehead atoms. The van der Waals surface area contributed by atoms with Gasteiger partial charge in [-0.25, -0.2) is 0 Å². The number of hydrogen-bond acceptors (Lipinski definition) is 1. The molecule has 0 unspecified atom stereocenters. The van der Waals surface area contributed by atoms with Crippen LogP contribution in [0.15, 0.2) is 37.4 Å². The molecule has 1 aromatic carbocycles. The van der Waals surface area contributed by atoms with E-state index in [2.05, 4.69) is 13.2 Å². The molecule has 0 atom stereocenters. The Hall–Kier alpha value is -1.34.